The minimum atomic E-state index is -0.422. The van der Waals surface area contributed by atoms with Gasteiger partial charge in [-0.3, -0.25) is 4.79 Å². The highest BCUT2D eigenvalue weighted by Crippen LogP contribution is 2.36. The van der Waals surface area contributed by atoms with Gasteiger partial charge in [-0.2, -0.15) is 5.10 Å². The summed E-state index contributed by atoms with van der Waals surface area (Å²) in [6, 6.07) is 6.65. The maximum Gasteiger partial charge on any atom is 0.277 e. The standard InChI is InChI=1S/C19H21ClN2O5/c1-11-5-14(6-12(2)18(11)20)27-10-17(23)22-21-9-13-7-15(25-3)19(24)16(8-13)26-4/h5-9,24H,10H2,1-4H3,(H,22,23)/b21-9+. The van der Waals surface area contributed by atoms with Crippen LogP contribution < -0.4 is 19.6 Å². The molecule has 144 valence electrons. The highest BCUT2D eigenvalue weighted by atomic mass is 35.5. The number of amides is 1. The van der Waals surface area contributed by atoms with Gasteiger partial charge in [0.2, 0.25) is 5.75 Å². The maximum absolute atomic E-state index is 11.9. The Morgan fingerprint density at radius 2 is 1.70 bits per heavy atom. The Kier molecular flexibility index (Phi) is 6.90. The molecule has 0 heterocycles. The Morgan fingerprint density at radius 1 is 1.15 bits per heavy atom. The highest BCUT2D eigenvalue weighted by molar-refractivity contribution is 6.32. The van der Waals surface area contributed by atoms with E-state index in [1.54, 1.807) is 24.3 Å². The zero-order chi connectivity index (χ0) is 20.0. The molecule has 0 radical (unpaired) electrons. The first kappa shape index (κ1) is 20.4. The number of rotatable bonds is 7. The van der Waals surface area contributed by atoms with Crippen molar-refractivity contribution in [3.63, 3.8) is 0 Å². The minimum Gasteiger partial charge on any atom is -0.502 e. The van der Waals surface area contributed by atoms with Crippen LogP contribution >= 0.6 is 11.6 Å². The first-order chi connectivity index (χ1) is 12.8. The number of aryl methyl sites for hydroxylation is 2. The second-order valence-corrected chi connectivity index (χ2v) is 6.10. The van der Waals surface area contributed by atoms with Crippen molar-refractivity contribution in [2.75, 3.05) is 20.8 Å². The monoisotopic (exact) mass is 392 g/mol. The van der Waals surface area contributed by atoms with E-state index in [9.17, 15) is 9.90 Å². The third-order valence-corrected chi connectivity index (χ3v) is 4.28. The van der Waals surface area contributed by atoms with Gasteiger partial charge in [-0.25, -0.2) is 5.43 Å². The highest BCUT2D eigenvalue weighted by Gasteiger charge is 2.10. The lowest BCUT2D eigenvalue weighted by atomic mass is 10.1. The zero-order valence-corrected chi connectivity index (χ0v) is 16.3. The van der Waals surface area contributed by atoms with E-state index in [-0.39, 0.29) is 23.9 Å². The molecule has 7 nitrogen and oxygen atoms in total. The fraction of sp³-hybridized carbons (Fsp3) is 0.263. The molecule has 8 heteroatoms. The van der Waals surface area contributed by atoms with Crippen LogP contribution in [-0.4, -0.2) is 38.1 Å². The average molecular weight is 393 g/mol. The van der Waals surface area contributed by atoms with Crippen LogP contribution in [0.2, 0.25) is 5.02 Å². The van der Waals surface area contributed by atoms with E-state index in [4.69, 9.17) is 25.8 Å². The molecule has 0 spiro atoms. The van der Waals surface area contributed by atoms with Gasteiger partial charge in [-0.05, 0) is 49.2 Å². The molecule has 1 amide bonds. The van der Waals surface area contributed by atoms with E-state index in [0.717, 1.165) is 11.1 Å². The van der Waals surface area contributed by atoms with Crippen molar-refractivity contribution in [3.05, 3.63) is 46.0 Å². The zero-order valence-electron chi connectivity index (χ0n) is 15.5. The summed E-state index contributed by atoms with van der Waals surface area (Å²) in [4.78, 5) is 11.9. The third-order valence-electron chi connectivity index (χ3n) is 3.68. The molecular weight excluding hydrogens is 372 g/mol. The van der Waals surface area contributed by atoms with Crippen molar-refractivity contribution in [1.29, 1.82) is 0 Å². The lowest BCUT2D eigenvalue weighted by Gasteiger charge is -2.10. The Bertz CT molecular complexity index is 819. The Hall–Kier alpha value is -2.93. The number of halogens is 1. The second-order valence-electron chi connectivity index (χ2n) is 5.73. The molecule has 0 aliphatic carbocycles. The number of nitrogens with zero attached hydrogens (tertiary/aromatic N) is 1. The van der Waals surface area contributed by atoms with Crippen molar-refractivity contribution in [1.82, 2.24) is 5.43 Å². The third kappa shape index (κ3) is 5.27. The second kappa shape index (κ2) is 9.14. The molecule has 0 atom stereocenters. The first-order valence-corrected chi connectivity index (χ1v) is 8.40. The van der Waals surface area contributed by atoms with Crippen LogP contribution in [0, 0.1) is 13.8 Å². The fourth-order valence-electron chi connectivity index (χ4n) is 2.34. The van der Waals surface area contributed by atoms with E-state index in [0.29, 0.717) is 16.3 Å². The Labute approximate surface area is 162 Å². The number of ether oxygens (including phenoxy) is 3. The van der Waals surface area contributed by atoms with Gasteiger partial charge < -0.3 is 19.3 Å². The van der Waals surface area contributed by atoms with Crippen molar-refractivity contribution in [3.8, 4) is 23.0 Å². The summed E-state index contributed by atoms with van der Waals surface area (Å²) in [6.45, 7) is 3.54. The fourth-order valence-corrected chi connectivity index (χ4v) is 2.45. The number of carbonyl (C=O) groups is 1. The molecule has 2 aromatic carbocycles. The van der Waals surface area contributed by atoms with Crippen LogP contribution in [0.4, 0.5) is 0 Å². The van der Waals surface area contributed by atoms with Gasteiger partial charge in [0.05, 0.1) is 20.4 Å². The molecule has 0 aliphatic rings. The maximum atomic E-state index is 11.9. The summed E-state index contributed by atoms with van der Waals surface area (Å²) in [7, 11) is 2.85. The molecule has 27 heavy (non-hydrogen) atoms. The summed E-state index contributed by atoms with van der Waals surface area (Å²) < 4.78 is 15.6. The van der Waals surface area contributed by atoms with E-state index in [1.165, 1.54) is 20.4 Å². The van der Waals surface area contributed by atoms with Crippen LogP contribution in [0.5, 0.6) is 23.0 Å². The van der Waals surface area contributed by atoms with Crippen molar-refractivity contribution >= 4 is 23.7 Å². The lowest BCUT2D eigenvalue weighted by molar-refractivity contribution is -0.123. The predicted molar refractivity (Wildman–Crippen MR) is 103 cm³/mol. The molecule has 2 N–H and O–H groups in total. The van der Waals surface area contributed by atoms with Gasteiger partial charge in [0, 0.05) is 10.6 Å². The van der Waals surface area contributed by atoms with Gasteiger partial charge in [0.1, 0.15) is 5.75 Å². The van der Waals surface area contributed by atoms with Crippen LogP contribution in [0.1, 0.15) is 16.7 Å². The molecule has 2 rings (SSSR count). The number of aromatic hydroxyl groups is 1. The van der Waals surface area contributed by atoms with Crippen molar-refractivity contribution in [2.24, 2.45) is 5.10 Å². The van der Waals surface area contributed by atoms with Gasteiger partial charge in [0.15, 0.2) is 18.1 Å². The van der Waals surface area contributed by atoms with Gasteiger partial charge >= 0.3 is 0 Å². The summed E-state index contributed by atoms with van der Waals surface area (Å²) in [6.07, 6.45) is 1.40. The number of hydrogen-bond donors (Lipinski definition) is 2. The SMILES string of the molecule is COc1cc(/C=N/NC(=O)COc2cc(C)c(Cl)c(C)c2)cc(OC)c1O. The average Bonchev–Trinajstić information content (AvgIpc) is 2.65. The normalized spacial score (nSPS) is 10.7. The van der Waals surface area contributed by atoms with E-state index >= 15 is 0 Å². The molecule has 0 saturated carbocycles. The quantitative estimate of drug-likeness (QED) is 0.558. The summed E-state index contributed by atoms with van der Waals surface area (Å²) in [5.41, 5.74) is 4.69. The number of phenols is 1. The molecule has 0 unspecified atom stereocenters. The number of carbonyl (C=O) groups excluding carboxylic acids is 1. The number of phenolic OH excluding ortho intramolecular Hbond substituents is 1. The van der Waals surface area contributed by atoms with Gasteiger partial charge in [-0.1, -0.05) is 11.6 Å². The molecule has 0 aliphatic heterocycles. The number of methoxy groups -OCH3 is 2. The molecule has 0 bridgehead atoms. The number of hydrogen-bond acceptors (Lipinski definition) is 6. The van der Waals surface area contributed by atoms with Crippen LogP contribution in [0.15, 0.2) is 29.4 Å². The molecule has 2 aromatic rings. The number of nitrogens with one attached hydrogen (secondary N) is 1. The van der Waals surface area contributed by atoms with Crippen molar-refractivity contribution in [2.45, 2.75) is 13.8 Å². The van der Waals surface area contributed by atoms with Crippen molar-refractivity contribution < 1.29 is 24.1 Å². The molecule has 0 fully saturated rings. The minimum absolute atomic E-state index is 0.108. The van der Waals surface area contributed by atoms with E-state index < -0.39 is 5.91 Å². The summed E-state index contributed by atoms with van der Waals surface area (Å²) >= 11 is 6.10. The van der Waals surface area contributed by atoms with Crippen LogP contribution in [0.3, 0.4) is 0 Å². The Balaban J connectivity index is 1.95. The number of benzene rings is 2. The largest absolute Gasteiger partial charge is 0.502 e. The van der Waals surface area contributed by atoms with Crippen LogP contribution in [0.25, 0.3) is 0 Å². The predicted octanol–water partition coefficient (Wildman–Crippen LogP) is 3.21. The van der Waals surface area contributed by atoms with Gasteiger partial charge in [-0.15, -0.1) is 0 Å². The lowest BCUT2D eigenvalue weighted by Crippen LogP contribution is -2.24. The Morgan fingerprint density at radius 3 is 2.22 bits per heavy atom. The number of hydrazone groups is 1. The molecule has 0 aromatic heterocycles. The topological polar surface area (TPSA) is 89.4 Å². The van der Waals surface area contributed by atoms with E-state index in [2.05, 4.69) is 10.5 Å². The smallest absolute Gasteiger partial charge is 0.277 e. The first-order valence-electron chi connectivity index (χ1n) is 8.02. The summed E-state index contributed by atoms with van der Waals surface area (Å²) in [5, 5.41) is 14.4. The van der Waals surface area contributed by atoms with Crippen LogP contribution in [-0.2, 0) is 4.79 Å². The van der Waals surface area contributed by atoms with E-state index in [1.807, 2.05) is 13.8 Å². The summed E-state index contributed by atoms with van der Waals surface area (Å²) in [5.74, 6) is 0.497. The molecular formula is C19H21ClN2O5. The van der Waals surface area contributed by atoms with Gasteiger partial charge in [0.25, 0.3) is 5.91 Å². The molecule has 0 saturated heterocycles.